The van der Waals surface area contributed by atoms with Gasteiger partial charge >= 0.3 is 0 Å². The molecule has 0 saturated carbocycles. The third-order valence-corrected chi connectivity index (χ3v) is 4.07. The molecule has 3 rings (SSSR count). The van der Waals surface area contributed by atoms with E-state index in [1.807, 2.05) is 24.3 Å². The molecule has 0 aliphatic heterocycles. The molecule has 1 aromatic heterocycles. The second-order valence-corrected chi connectivity index (χ2v) is 5.79. The summed E-state index contributed by atoms with van der Waals surface area (Å²) in [5.41, 5.74) is 2.37. The van der Waals surface area contributed by atoms with Crippen LogP contribution in [0.2, 0.25) is 0 Å². The molecule has 0 spiro atoms. The van der Waals surface area contributed by atoms with Crippen molar-refractivity contribution in [2.24, 2.45) is 0 Å². The zero-order valence-electron chi connectivity index (χ0n) is 10.3. The fraction of sp³-hybridized carbons (Fsp3) is 0.133. The van der Waals surface area contributed by atoms with Crippen LogP contribution in [0.25, 0.3) is 11.1 Å². The summed E-state index contributed by atoms with van der Waals surface area (Å²) in [6.07, 6.45) is 0.445. The Kier molecular flexibility index (Phi) is 3.76. The van der Waals surface area contributed by atoms with Gasteiger partial charge in [0.25, 0.3) is 0 Å². The van der Waals surface area contributed by atoms with Gasteiger partial charge in [0.05, 0.1) is 5.38 Å². The molecular weight excluding hydrogens is 345 g/mol. The molecule has 0 bridgehead atoms. The van der Waals surface area contributed by atoms with Gasteiger partial charge in [-0.05, 0) is 29.8 Å². The first-order chi connectivity index (χ1) is 9.63. The van der Waals surface area contributed by atoms with E-state index in [1.165, 1.54) is 12.1 Å². The maximum atomic E-state index is 13.1. The lowest BCUT2D eigenvalue weighted by molar-refractivity contribution is 0.524. The van der Waals surface area contributed by atoms with Crippen LogP contribution in [0.5, 0.6) is 0 Å². The van der Waals surface area contributed by atoms with Crippen molar-refractivity contribution >= 4 is 38.6 Å². The predicted molar refractivity (Wildman–Crippen MR) is 80.4 cm³/mol. The van der Waals surface area contributed by atoms with Crippen molar-refractivity contribution in [1.82, 2.24) is 4.98 Å². The third-order valence-electron chi connectivity index (χ3n) is 2.99. The molecule has 0 radical (unpaired) electrons. The first-order valence-electron chi connectivity index (χ1n) is 6.07. The summed E-state index contributed by atoms with van der Waals surface area (Å²) in [4.78, 5) is 4.38. The van der Waals surface area contributed by atoms with E-state index in [2.05, 4.69) is 20.9 Å². The molecule has 2 nitrogen and oxygen atoms in total. The van der Waals surface area contributed by atoms with E-state index >= 15 is 0 Å². The van der Waals surface area contributed by atoms with Gasteiger partial charge in [-0.1, -0.05) is 34.1 Å². The fourth-order valence-electron chi connectivity index (χ4n) is 2.03. The highest BCUT2D eigenvalue weighted by Gasteiger charge is 2.16. The van der Waals surface area contributed by atoms with E-state index in [1.54, 1.807) is 6.07 Å². The minimum Gasteiger partial charge on any atom is -0.441 e. The average Bonchev–Trinajstić information content (AvgIpc) is 2.80. The Hall–Kier alpha value is -1.39. The summed E-state index contributed by atoms with van der Waals surface area (Å²) in [6.45, 7) is 0. The number of aromatic nitrogens is 1. The van der Waals surface area contributed by atoms with E-state index in [-0.39, 0.29) is 11.2 Å². The monoisotopic (exact) mass is 353 g/mol. The number of alkyl halides is 1. The molecule has 0 aliphatic carbocycles. The van der Waals surface area contributed by atoms with Crippen LogP contribution in [0.15, 0.2) is 51.4 Å². The van der Waals surface area contributed by atoms with Gasteiger partial charge in [0.1, 0.15) is 11.3 Å². The highest BCUT2D eigenvalue weighted by molar-refractivity contribution is 9.10. The Morgan fingerprint density at radius 3 is 2.80 bits per heavy atom. The predicted octanol–water partition coefficient (Wildman–Crippen LogP) is 5.25. The molecule has 3 aromatic rings. The Morgan fingerprint density at radius 2 is 2.05 bits per heavy atom. The van der Waals surface area contributed by atoms with Crippen LogP contribution in [-0.4, -0.2) is 4.98 Å². The van der Waals surface area contributed by atoms with Crippen molar-refractivity contribution in [2.45, 2.75) is 11.8 Å². The number of rotatable bonds is 3. The molecular formula is C15H10BrClFNO. The fourth-order valence-corrected chi connectivity index (χ4v) is 3.11. The first kappa shape index (κ1) is 13.6. The van der Waals surface area contributed by atoms with E-state index in [4.69, 9.17) is 16.0 Å². The van der Waals surface area contributed by atoms with Gasteiger partial charge in [0.2, 0.25) is 0 Å². The van der Waals surface area contributed by atoms with Crippen LogP contribution in [0.4, 0.5) is 4.39 Å². The summed E-state index contributed by atoms with van der Waals surface area (Å²) < 4.78 is 19.4. The molecule has 0 aliphatic rings. The van der Waals surface area contributed by atoms with Gasteiger partial charge in [0, 0.05) is 10.9 Å². The number of nitrogens with zero attached hydrogens (tertiary/aromatic N) is 1. The molecule has 0 amide bonds. The third kappa shape index (κ3) is 2.72. The standard InChI is InChI=1S/C15H10BrClFNO/c16-11-7-9(18)5-6-10(11)12(17)8-15-19-13-3-1-2-4-14(13)20-15/h1-7,12H,8H2. The molecule has 5 heteroatoms. The Labute approximate surface area is 128 Å². The number of para-hydroxylation sites is 2. The molecule has 1 heterocycles. The van der Waals surface area contributed by atoms with Crippen LogP contribution in [0, 0.1) is 5.82 Å². The highest BCUT2D eigenvalue weighted by atomic mass is 79.9. The van der Waals surface area contributed by atoms with Crippen LogP contribution in [0.1, 0.15) is 16.8 Å². The van der Waals surface area contributed by atoms with Gasteiger partial charge in [-0.15, -0.1) is 11.6 Å². The van der Waals surface area contributed by atoms with Crippen molar-refractivity contribution in [3.63, 3.8) is 0 Å². The Bertz CT molecular complexity index is 725. The second-order valence-electron chi connectivity index (χ2n) is 4.41. The molecule has 20 heavy (non-hydrogen) atoms. The van der Waals surface area contributed by atoms with Crippen LogP contribution >= 0.6 is 27.5 Å². The lowest BCUT2D eigenvalue weighted by Gasteiger charge is -2.09. The first-order valence-corrected chi connectivity index (χ1v) is 7.30. The second kappa shape index (κ2) is 5.54. The normalized spacial score (nSPS) is 12.8. The SMILES string of the molecule is Fc1ccc(C(Cl)Cc2nc3ccccc3o2)c(Br)c1. The van der Waals surface area contributed by atoms with Crippen molar-refractivity contribution < 1.29 is 8.81 Å². The smallest absolute Gasteiger partial charge is 0.197 e. The molecule has 102 valence electrons. The lowest BCUT2D eigenvalue weighted by Crippen LogP contribution is -1.97. The number of hydrogen-bond acceptors (Lipinski definition) is 2. The molecule has 1 atom stereocenters. The number of oxazole rings is 1. The van der Waals surface area contributed by atoms with E-state index in [0.29, 0.717) is 16.8 Å². The average molecular weight is 355 g/mol. The van der Waals surface area contributed by atoms with Gasteiger partial charge in [-0.3, -0.25) is 0 Å². The van der Waals surface area contributed by atoms with Gasteiger partial charge in [0.15, 0.2) is 11.5 Å². The molecule has 0 N–H and O–H groups in total. The van der Waals surface area contributed by atoms with Crippen LogP contribution < -0.4 is 0 Å². The largest absolute Gasteiger partial charge is 0.441 e. The van der Waals surface area contributed by atoms with Gasteiger partial charge < -0.3 is 4.42 Å². The Morgan fingerprint density at radius 1 is 1.25 bits per heavy atom. The summed E-state index contributed by atoms with van der Waals surface area (Å²) in [6, 6.07) is 12.0. The van der Waals surface area contributed by atoms with Gasteiger partial charge in [-0.2, -0.15) is 0 Å². The van der Waals surface area contributed by atoms with Crippen LogP contribution in [-0.2, 0) is 6.42 Å². The van der Waals surface area contributed by atoms with E-state index < -0.39 is 0 Å². The molecule has 0 fully saturated rings. The van der Waals surface area contributed by atoms with E-state index in [9.17, 15) is 4.39 Å². The molecule has 1 unspecified atom stereocenters. The zero-order chi connectivity index (χ0) is 14.1. The number of hydrogen-bond donors (Lipinski definition) is 0. The quantitative estimate of drug-likeness (QED) is 0.600. The maximum absolute atomic E-state index is 13.1. The molecule has 2 aromatic carbocycles. The minimum absolute atomic E-state index is 0.300. The number of halogens is 3. The number of benzene rings is 2. The van der Waals surface area contributed by atoms with E-state index in [0.717, 1.165) is 16.7 Å². The van der Waals surface area contributed by atoms with Crippen molar-refractivity contribution in [2.75, 3.05) is 0 Å². The topological polar surface area (TPSA) is 26.0 Å². The van der Waals surface area contributed by atoms with Crippen molar-refractivity contribution in [1.29, 1.82) is 0 Å². The van der Waals surface area contributed by atoms with Crippen molar-refractivity contribution in [3.8, 4) is 0 Å². The molecule has 0 saturated heterocycles. The maximum Gasteiger partial charge on any atom is 0.197 e. The Balaban J connectivity index is 1.86. The lowest BCUT2D eigenvalue weighted by atomic mass is 10.1. The highest BCUT2D eigenvalue weighted by Crippen LogP contribution is 2.32. The summed E-state index contributed by atoms with van der Waals surface area (Å²) in [5.74, 6) is 0.272. The number of fused-ring (bicyclic) bond motifs is 1. The summed E-state index contributed by atoms with van der Waals surface area (Å²) >= 11 is 9.69. The minimum atomic E-state index is -0.335. The van der Waals surface area contributed by atoms with Gasteiger partial charge in [-0.25, -0.2) is 9.37 Å². The summed E-state index contributed by atoms with van der Waals surface area (Å²) in [5, 5.41) is -0.335. The summed E-state index contributed by atoms with van der Waals surface area (Å²) in [7, 11) is 0. The van der Waals surface area contributed by atoms with Crippen molar-refractivity contribution in [3.05, 3.63) is 64.2 Å². The van der Waals surface area contributed by atoms with Crippen LogP contribution in [0.3, 0.4) is 0 Å². The zero-order valence-corrected chi connectivity index (χ0v) is 12.7.